The molecule has 1 fully saturated rings. The Bertz CT molecular complexity index is 527. The fraction of sp³-hybridized carbons (Fsp3) is 0.462. The van der Waals surface area contributed by atoms with Crippen LogP contribution in [-0.2, 0) is 0 Å². The van der Waals surface area contributed by atoms with Gasteiger partial charge in [-0.25, -0.2) is 0 Å². The number of benzene rings is 1. The highest BCUT2D eigenvalue weighted by Gasteiger charge is 2.32. The maximum absolute atomic E-state index is 12.0. The standard InChI is InChI=1S/C13H15ClN2O3/c1-13(5-2-6-13)8-15-12(17)10-7-9(16(18)19)3-4-11(10)14/h3-4,7H,2,5-6,8H2,1H3,(H,15,17). The molecule has 0 radical (unpaired) electrons. The lowest BCUT2D eigenvalue weighted by molar-refractivity contribution is -0.384. The van der Waals surface area contributed by atoms with E-state index in [0.717, 1.165) is 12.8 Å². The molecule has 19 heavy (non-hydrogen) atoms. The molecule has 0 atom stereocenters. The predicted molar refractivity (Wildman–Crippen MR) is 72.4 cm³/mol. The number of nitro groups is 1. The van der Waals surface area contributed by atoms with Crippen LogP contribution in [-0.4, -0.2) is 17.4 Å². The van der Waals surface area contributed by atoms with Gasteiger partial charge in [-0.2, -0.15) is 0 Å². The van der Waals surface area contributed by atoms with Crippen LogP contribution in [0.2, 0.25) is 5.02 Å². The van der Waals surface area contributed by atoms with Crippen molar-refractivity contribution in [2.45, 2.75) is 26.2 Å². The van der Waals surface area contributed by atoms with Gasteiger partial charge in [0.25, 0.3) is 11.6 Å². The Balaban J connectivity index is 2.09. The van der Waals surface area contributed by atoms with E-state index < -0.39 is 4.92 Å². The molecule has 0 saturated heterocycles. The highest BCUT2D eigenvalue weighted by atomic mass is 35.5. The van der Waals surface area contributed by atoms with Gasteiger partial charge in [0.1, 0.15) is 0 Å². The summed E-state index contributed by atoms with van der Waals surface area (Å²) in [4.78, 5) is 22.2. The Morgan fingerprint density at radius 3 is 2.74 bits per heavy atom. The Hall–Kier alpha value is -1.62. The van der Waals surface area contributed by atoms with Crippen molar-refractivity contribution in [1.29, 1.82) is 0 Å². The largest absolute Gasteiger partial charge is 0.351 e. The van der Waals surface area contributed by atoms with E-state index in [-0.39, 0.29) is 27.6 Å². The monoisotopic (exact) mass is 282 g/mol. The van der Waals surface area contributed by atoms with Gasteiger partial charge in [-0.3, -0.25) is 14.9 Å². The van der Waals surface area contributed by atoms with Gasteiger partial charge in [0.15, 0.2) is 0 Å². The van der Waals surface area contributed by atoms with E-state index in [4.69, 9.17) is 11.6 Å². The van der Waals surface area contributed by atoms with Crippen LogP contribution in [0.1, 0.15) is 36.5 Å². The molecule has 0 aliphatic heterocycles. The SMILES string of the molecule is CC1(CNC(=O)c2cc([N+](=O)[O-])ccc2Cl)CCC1. The smallest absolute Gasteiger partial charge is 0.270 e. The third kappa shape index (κ3) is 3.04. The van der Waals surface area contributed by atoms with Gasteiger partial charge in [0.05, 0.1) is 15.5 Å². The average Bonchev–Trinajstić information content (AvgIpc) is 2.34. The third-order valence-electron chi connectivity index (χ3n) is 3.64. The van der Waals surface area contributed by atoms with Crippen molar-refractivity contribution in [1.82, 2.24) is 5.32 Å². The molecule has 1 aromatic rings. The van der Waals surface area contributed by atoms with Gasteiger partial charge >= 0.3 is 0 Å². The number of halogens is 1. The second-order valence-electron chi connectivity index (χ2n) is 5.27. The topological polar surface area (TPSA) is 72.2 Å². The van der Waals surface area contributed by atoms with E-state index in [9.17, 15) is 14.9 Å². The van der Waals surface area contributed by atoms with Crippen molar-refractivity contribution in [3.63, 3.8) is 0 Å². The summed E-state index contributed by atoms with van der Waals surface area (Å²) in [6.45, 7) is 2.69. The van der Waals surface area contributed by atoms with E-state index in [2.05, 4.69) is 12.2 Å². The first-order chi connectivity index (χ1) is 8.91. The van der Waals surface area contributed by atoms with Crippen molar-refractivity contribution >= 4 is 23.2 Å². The molecule has 0 heterocycles. The van der Waals surface area contributed by atoms with Crippen molar-refractivity contribution in [2.24, 2.45) is 5.41 Å². The molecule has 1 aliphatic carbocycles. The third-order valence-corrected chi connectivity index (χ3v) is 3.97. The van der Waals surface area contributed by atoms with Crippen molar-refractivity contribution in [3.05, 3.63) is 38.9 Å². The zero-order chi connectivity index (χ0) is 14.0. The summed E-state index contributed by atoms with van der Waals surface area (Å²) in [5.41, 5.74) is 0.172. The molecule has 1 aliphatic rings. The van der Waals surface area contributed by atoms with E-state index >= 15 is 0 Å². The van der Waals surface area contributed by atoms with Crippen LogP contribution in [0.4, 0.5) is 5.69 Å². The first-order valence-corrected chi connectivity index (χ1v) is 6.51. The van der Waals surface area contributed by atoms with E-state index in [0.29, 0.717) is 6.54 Å². The van der Waals surface area contributed by atoms with E-state index in [1.165, 1.54) is 24.6 Å². The Morgan fingerprint density at radius 1 is 1.53 bits per heavy atom. The highest BCUT2D eigenvalue weighted by Crippen LogP contribution is 2.39. The Labute approximate surface area is 116 Å². The van der Waals surface area contributed by atoms with E-state index in [1.54, 1.807) is 0 Å². The molecule has 1 N–H and O–H groups in total. The van der Waals surface area contributed by atoms with Crippen molar-refractivity contribution in [2.75, 3.05) is 6.54 Å². The lowest BCUT2D eigenvalue weighted by atomic mass is 9.70. The number of hydrogen-bond donors (Lipinski definition) is 1. The lowest BCUT2D eigenvalue weighted by Gasteiger charge is -2.38. The minimum atomic E-state index is -0.541. The summed E-state index contributed by atoms with van der Waals surface area (Å²) in [6.07, 6.45) is 3.37. The summed E-state index contributed by atoms with van der Waals surface area (Å²) >= 11 is 5.91. The molecule has 102 valence electrons. The van der Waals surface area contributed by atoms with Crippen LogP contribution in [0.15, 0.2) is 18.2 Å². The van der Waals surface area contributed by atoms with Crippen LogP contribution < -0.4 is 5.32 Å². The molecular formula is C13H15ClN2O3. The number of rotatable bonds is 4. The van der Waals surface area contributed by atoms with Gasteiger partial charge in [0, 0.05) is 18.7 Å². The first-order valence-electron chi connectivity index (χ1n) is 6.13. The maximum atomic E-state index is 12.0. The van der Waals surface area contributed by atoms with Gasteiger partial charge < -0.3 is 5.32 Å². The zero-order valence-corrected chi connectivity index (χ0v) is 11.4. The van der Waals surface area contributed by atoms with Gasteiger partial charge in [0.2, 0.25) is 0 Å². The molecule has 1 amide bonds. The second kappa shape index (κ2) is 5.17. The van der Waals surface area contributed by atoms with Crippen molar-refractivity contribution in [3.8, 4) is 0 Å². The molecule has 6 heteroatoms. The van der Waals surface area contributed by atoms with Crippen molar-refractivity contribution < 1.29 is 9.72 Å². The van der Waals surface area contributed by atoms with E-state index in [1.807, 2.05) is 0 Å². The summed E-state index contributed by atoms with van der Waals surface area (Å²) < 4.78 is 0. The van der Waals surface area contributed by atoms with Crippen LogP contribution in [0, 0.1) is 15.5 Å². The second-order valence-corrected chi connectivity index (χ2v) is 5.68. The van der Waals surface area contributed by atoms with Crippen LogP contribution in [0.5, 0.6) is 0 Å². The average molecular weight is 283 g/mol. The number of carbonyl (C=O) groups is 1. The first kappa shape index (κ1) is 13.8. The number of nitro benzene ring substituents is 1. The fourth-order valence-electron chi connectivity index (χ4n) is 2.15. The zero-order valence-electron chi connectivity index (χ0n) is 10.6. The van der Waals surface area contributed by atoms with Gasteiger partial charge in [-0.05, 0) is 24.3 Å². The minimum absolute atomic E-state index is 0.135. The number of non-ortho nitro benzene ring substituents is 1. The normalized spacial score (nSPS) is 16.5. The number of carbonyl (C=O) groups excluding carboxylic acids is 1. The number of amides is 1. The molecule has 1 aromatic carbocycles. The number of hydrogen-bond acceptors (Lipinski definition) is 3. The molecule has 0 bridgehead atoms. The van der Waals surface area contributed by atoms with Crippen LogP contribution >= 0.6 is 11.6 Å². The molecule has 0 aromatic heterocycles. The molecule has 1 saturated carbocycles. The maximum Gasteiger partial charge on any atom is 0.270 e. The summed E-state index contributed by atoms with van der Waals surface area (Å²) in [6, 6.07) is 3.87. The number of nitrogens with one attached hydrogen (secondary N) is 1. The molecular weight excluding hydrogens is 268 g/mol. The highest BCUT2D eigenvalue weighted by molar-refractivity contribution is 6.33. The molecule has 0 unspecified atom stereocenters. The number of nitrogens with zero attached hydrogens (tertiary/aromatic N) is 1. The Kier molecular flexibility index (Phi) is 3.75. The van der Waals surface area contributed by atoms with Gasteiger partial charge in [-0.1, -0.05) is 24.9 Å². The van der Waals surface area contributed by atoms with Crippen LogP contribution in [0.25, 0.3) is 0 Å². The van der Waals surface area contributed by atoms with Crippen LogP contribution in [0.3, 0.4) is 0 Å². The fourth-order valence-corrected chi connectivity index (χ4v) is 2.35. The molecule has 0 spiro atoms. The Morgan fingerprint density at radius 2 is 2.21 bits per heavy atom. The predicted octanol–water partition coefficient (Wildman–Crippen LogP) is 3.17. The summed E-state index contributed by atoms with van der Waals surface area (Å²) in [5, 5.41) is 13.7. The lowest BCUT2D eigenvalue weighted by Crippen LogP contribution is -2.40. The summed E-state index contributed by atoms with van der Waals surface area (Å²) in [7, 11) is 0. The minimum Gasteiger partial charge on any atom is -0.351 e. The van der Waals surface area contributed by atoms with Gasteiger partial charge in [-0.15, -0.1) is 0 Å². The molecule has 2 rings (SSSR count). The molecule has 5 nitrogen and oxygen atoms in total. The summed E-state index contributed by atoms with van der Waals surface area (Å²) in [5.74, 6) is -0.359. The quantitative estimate of drug-likeness (QED) is 0.681.